The highest BCUT2D eigenvalue weighted by Gasteiger charge is 2.16. The summed E-state index contributed by atoms with van der Waals surface area (Å²) in [5, 5.41) is 0. The highest BCUT2D eigenvalue weighted by Crippen LogP contribution is 2.19. The van der Waals surface area contributed by atoms with Gasteiger partial charge in [-0.05, 0) is 35.4 Å². The Morgan fingerprint density at radius 3 is 2.38 bits per heavy atom. The second-order valence-electron chi connectivity index (χ2n) is 7.14. The Bertz CT molecular complexity index is 1120. The number of likely N-dealkylation sites (N-methyl/N-ethyl adjacent to an activating group) is 1. The maximum absolute atomic E-state index is 13.2. The third kappa shape index (κ3) is 4.35. The molecule has 4 rings (SSSR count). The first-order valence-corrected chi connectivity index (χ1v) is 9.56. The summed E-state index contributed by atoms with van der Waals surface area (Å²) in [6.07, 6.45) is 0.532. The van der Waals surface area contributed by atoms with Crippen molar-refractivity contribution in [2.75, 3.05) is 7.05 Å². The number of amides is 1. The topological polar surface area (TPSA) is 38.1 Å². The molecule has 0 atom stereocenters. The number of carbonyl (C=O) groups is 1. The van der Waals surface area contributed by atoms with Gasteiger partial charge in [-0.1, -0.05) is 54.6 Å². The zero-order chi connectivity index (χ0) is 20.2. The molecule has 29 heavy (non-hydrogen) atoms. The molecule has 5 heteroatoms. The minimum Gasteiger partial charge on any atom is -0.340 e. The molecule has 1 aromatic heterocycles. The number of hydrogen-bond donors (Lipinski definition) is 0. The first kappa shape index (κ1) is 18.9. The van der Waals surface area contributed by atoms with Crippen molar-refractivity contribution in [1.82, 2.24) is 14.5 Å². The van der Waals surface area contributed by atoms with Crippen LogP contribution in [-0.2, 0) is 24.3 Å². The molecule has 0 N–H and O–H groups in total. The number of rotatable bonds is 6. The van der Waals surface area contributed by atoms with Crippen molar-refractivity contribution in [2.45, 2.75) is 19.5 Å². The van der Waals surface area contributed by atoms with Gasteiger partial charge >= 0.3 is 0 Å². The van der Waals surface area contributed by atoms with E-state index in [9.17, 15) is 9.18 Å². The van der Waals surface area contributed by atoms with E-state index in [1.54, 1.807) is 17.0 Å². The Morgan fingerprint density at radius 2 is 1.62 bits per heavy atom. The number of aromatic nitrogens is 2. The molecular formula is C24H22FN3O. The maximum Gasteiger partial charge on any atom is 0.242 e. The van der Waals surface area contributed by atoms with Crippen LogP contribution in [-0.4, -0.2) is 27.4 Å². The molecule has 0 saturated heterocycles. The quantitative estimate of drug-likeness (QED) is 0.491. The van der Waals surface area contributed by atoms with Gasteiger partial charge in [0, 0.05) is 20.0 Å². The van der Waals surface area contributed by atoms with Gasteiger partial charge in [0.05, 0.1) is 11.0 Å². The lowest BCUT2D eigenvalue weighted by Gasteiger charge is -2.19. The van der Waals surface area contributed by atoms with Crippen LogP contribution in [0.15, 0.2) is 78.9 Å². The van der Waals surface area contributed by atoms with Crippen molar-refractivity contribution in [3.63, 3.8) is 0 Å². The first-order chi connectivity index (χ1) is 14.1. The number of nitrogens with zero attached hydrogens (tertiary/aromatic N) is 3. The van der Waals surface area contributed by atoms with Crippen LogP contribution in [0.5, 0.6) is 0 Å². The van der Waals surface area contributed by atoms with Crippen molar-refractivity contribution < 1.29 is 9.18 Å². The Balaban J connectivity index is 1.59. The zero-order valence-electron chi connectivity index (χ0n) is 16.3. The molecule has 1 heterocycles. The zero-order valence-corrected chi connectivity index (χ0v) is 16.3. The molecule has 3 aromatic carbocycles. The monoisotopic (exact) mass is 387 g/mol. The smallest absolute Gasteiger partial charge is 0.242 e. The summed E-state index contributed by atoms with van der Waals surface area (Å²) in [6, 6.07) is 24.1. The van der Waals surface area contributed by atoms with E-state index >= 15 is 0 Å². The van der Waals surface area contributed by atoms with Crippen LogP contribution in [0.1, 0.15) is 17.0 Å². The Kier molecular flexibility index (Phi) is 5.38. The molecule has 4 nitrogen and oxygen atoms in total. The number of fused-ring (bicyclic) bond motifs is 1. The third-order valence-electron chi connectivity index (χ3n) is 4.99. The number of halogens is 1. The molecule has 0 saturated carbocycles. The van der Waals surface area contributed by atoms with Crippen molar-refractivity contribution in [2.24, 2.45) is 0 Å². The van der Waals surface area contributed by atoms with Gasteiger partial charge in [-0.3, -0.25) is 4.79 Å². The van der Waals surface area contributed by atoms with E-state index in [1.807, 2.05) is 66.2 Å². The van der Waals surface area contributed by atoms with Crippen molar-refractivity contribution >= 4 is 16.9 Å². The SMILES string of the molecule is CN(Cc1ccccc1)C(=O)Cn1c(Cc2ccc(F)cc2)nc2ccccc21. The van der Waals surface area contributed by atoms with Gasteiger partial charge in [0.15, 0.2) is 0 Å². The van der Waals surface area contributed by atoms with Crippen LogP contribution in [0.25, 0.3) is 11.0 Å². The Hall–Kier alpha value is -3.47. The van der Waals surface area contributed by atoms with Crippen LogP contribution in [0.2, 0.25) is 0 Å². The van der Waals surface area contributed by atoms with Crippen LogP contribution in [0.4, 0.5) is 4.39 Å². The molecule has 0 aliphatic rings. The average Bonchev–Trinajstić information content (AvgIpc) is 3.07. The van der Waals surface area contributed by atoms with Crippen LogP contribution in [0, 0.1) is 5.82 Å². The predicted octanol–water partition coefficient (Wildman–Crippen LogP) is 4.42. The van der Waals surface area contributed by atoms with Gasteiger partial charge in [-0.15, -0.1) is 0 Å². The van der Waals surface area contributed by atoms with Crippen molar-refractivity contribution in [1.29, 1.82) is 0 Å². The molecular weight excluding hydrogens is 365 g/mol. The van der Waals surface area contributed by atoms with E-state index in [-0.39, 0.29) is 18.3 Å². The standard InChI is InChI=1S/C24H22FN3O/c1-27(16-19-7-3-2-4-8-19)24(29)17-28-22-10-6-5-9-21(22)26-23(28)15-18-11-13-20(25)14-12-18/h2-14H,15-17H2,1H3. The number of para-hydroxylation sites is 2. The molecule has 1 amide bonds. The van der Waals surface area contributed by atoms with Gasteiger partial charge in [-0.2, -0.15) is 0 Å². The lowest BCUT2D eigenvalue weighted by atomic mass is 10.1. The summed E-state index contributed by atoms with van der Waals surface area (Å²) in [5.74, 6) is 0.539. The number of benzene rings is 3. The first-order valence-electron chi connectivity index (χ1n) is 9.56. The fourth-order valence-electron chi connectivity index (χ4n) is 3.42. The molecule has 0 unspecified atom stereocenters. The largest absolute Gasteiger partial charge is 0.340 e. The average molecular weight is 387 g/mol. The molecule has 0 fully saturated rings. The van der Waals surface area contributed by atoms with Gasteiger partial charge in [0.25, 0.3) is 0 Å². The van der Waals surface area contributed by atoms with E-state index in [4.69, 9.17) is 4.98 Å². The Morgan fingerprint density at radius 1 is 0.931 bits per heavy atom. The van der Waals surface area contributed by atoms with Crippen molar-refractivity contribution in [3.8, 4) is 0 Å². The second kappa shape index (κ2) is 8.27. The highest BCUT2D eigenvalue weighted by molar-refractivity contribution is 5.81. The highest BCUT2D eigenvalue weighted by atomic mass is 19.1. The number of carbonyl (C=O) groups excluding carboxylic acids is 1. The Labute approximate surface area is 169 Å². The molecule has 0 bridgehead atoms. The van der Waals surface area contributed by atoms with E-state index in [1.165, 1.54) is 12.1 Å². The third-order valence-corrected chi connectivity index (χ3v) is 4.99. The predicted molar refractivity (Wildman–Crippen MR) is 112 cm³/mol. The van der Waals surface area contributed by atoms with E-state index in [0.29, 0.717) is 13.0 Å². The summed E-state index contributed by atoms with van der Waals surface area (Å²) in [6.45, 7) is 0.764. The van der Waals surface area contributed by atoms with Gasteiger partial charge in [-0.25, -0.2) is 9.37 Å². The molecule has 0 spiro atoms. The van der Waals surface area contributed by atoms with Crippen LogP contribution in [0.3, 0.4) is 0 Å². The summed E-state index contributed by atoms with van der Waals surface area (Å²) in [5.41, 5.74) is 3.81. The lowest BCUT2D eigenvalue weighted by molar-refractivity contribution is -0.131. The molecule has 146 valence electrons. The van der Waals surface area contributed by atoms with Gasteiger partial charge in [0.1, 0.15) is 18.2 Å². The summed E-state index contributed by atoms with van der Waals surface area (Å²) >= 11 is 0. The minimum absolute atomic E-state index is 0.0114. The lowest BCUT2D eigenvalue weighted by Crippen LogP contribution is -2.30. The van der Waals surface area contributed by atoms with E-state index in [2.05, 4.69) is 0 Å². The number of hydrogen-bond acceptors (Lipinski definition) is 2. The fraction of sp³-hybridized carbons (Fsp3) is 0.167. The minimum atomic E-state index is -0.264. The van der Waals surface area contributed by atoms with Crippen LogP contribution >= 0.6 is 0 Å². The fourth-order valence-corrected chi connectivity index (χ4v) is 3.42. The van der Waals surface area contributed by atoms with E-state index < -0.39 is 0 Å². The summed E-state index contributed by atoms with van der Waals surface area (Å²) < 4.78 is 15.2. The van der Waals surface area contributed by atoms with Gasteiger partial charge < -0.3 is 9.47 Å². The normalized spacial score (nSPS) is 11.0. The second-order valence-corrected chi connectivity index (χ2v) is 7.14. The van der Waals surface area contributed by atoms with Crippen LogP contribution < -0.4 is 0 Å². The maximum atomic E-state index is 13.2. The summed E-state index contributed by atoms with van der Waals surface area (Å²) in [4.78, 5) is 19.4. The van der Waals surface area contributed by atoms with Crippen molar-refractivity contribution in [3.05, 3.63) is 102 Å². The number of imidazole rings is 1. The van der Waals surface area contributed by atoms with E-state index in [0.717, 1.165) is 28.0 Å². The van der Waals surface area contributed by atoms with Gasteiger partial charge in [0.2, 0.25) is 5.91 Å². The molecule has 0 radical (unpaired) electrons. The molecule has 0 aliphatic carbocycles. The molecule has 4 aromatic rings. The molecule has 0 aliphatic heterocycles. The summed E-state index contributed by atoms with van der Waals surface area (Å²) in [7, 11) is 1.81.